The molecule has 0 fully saturated rings. The van der Waals surface area contributed by atoms with Crippen molar-refractivity contribution < 1.29 is 24.9 Å². The van der Waals surface area contributed by atoms with Gasteiger partial charge >= 0.3 is 0 Å². The molecule has 5 heteroatoms. The highest BCUT2D eigenvalue weighted by atomic mass is 16.5. The van der Waals surface area contributed by atoms with Gasteiger partial charge in [0.25, 0.3) is 0 Å². The van der Waals surface area contributed by atoms with Crippen LogP contribution < -0.4 is 4.74 Å². The fourth-order valence-corrected chi connectivity index (χ4v) is 4.66. The number of carbonyl (C=O) groups is 1. The lowest BCUT2D eigenvalue weighted by Gasteiger charge is -2.17. The predicted molar refractivity (Wildman–Crippen MR) is 156 cm³/mol. The van der Waals surface area contributed by atoms with Crippen molar-refractivity contribution in [2.45, 2.75) is 51.4 Å². The smallest absolute Gasteiger partial charge is 0.163 e. The van der Waals surface area contributed by atoms with Crippen LogP contribution in [-0.2, 0) is 17.6 Å². The average molecular weight is 525 g/mol. The maximum Gasteiger partial charge on any atom is 0.163 e. The summed E-state index contributed by atoms with van der Waals surface area (Å²) in [6.07, 6.45) is 8.93. The molecule has 0 spiro atoms. The molecule has 0 bridgehead atoms. The Hall–Kier alpha value is -4.25. The number of ether oxygens (including phenoxy) is 1. The first-order chi connectivity index (χ1) is 18.9. The second-order valence-corrected chi connectivity index (χ2v) is 9.92. The number of phenols is 3. The summed E-state index contributed by atoms with van der Waals surface area (Å²) in [6, 6.07) is 23.3. The van der Waals surface area contributed by atoms with Crippen LogP contribution in [0.25, 0.3) is 10.8 Å². The minimum absolute atomic E-state index is 0.0221. The van der Waals surface area contributed by atoms with E-state index >= 15 is 0 Å². The zero-order valence-corrected chi connectivity index (χ0v) is 22.3. The topological polar surface area (TPSA) is 87.0 Å². The van der Waals surface area contributed by atoms with Crippen LogP contribution in [0.1, 0.15) is 55.2 Å². The molecule has 0 heterocycles. The fraction of sp³-hybridized carbons (Fsp3) is 0.265. The molecular weight excluding hydrogens is 488 g/mol. The van der Waals surface area contributed by atoms with Crippen molar-refractivity contribution in [3.8, 4) is 23.0 Å². The summed E-state index contributed by atoms with van der Waals surface area (Å²) in [5, 5.41) is 31.7. The highest BCUT2D eigenvalue weighted by Crippen LogP contribution is 2.32. The molecule has 0 aliphatic heterocycles. The number of hydrogen-bond acceptors (Lipinski definition) is 5. The quantitative estimate of drug-likeness (QED) is 0.124. The molecule has 0 radical (unpaired) electrons. The number of ketones is 1. The first-order valence-electron chi connectivity index (χ1n) is 13.6. The molecule has 39 heavy (non-hydrogen) atoms. The van der Waals surface area contributed by atoms with E-state index in [4.69, 9.17) is 4.74 Å². The number of unbranched alkanes of at least 4 members (excludes halogenated alkanes) is 3. The highest BCUT2D eigenvalue weighted by Gasteiger charge is 2.20. The van der Waals surface area contributed by atoms with Crippen LogP contribution in [0.5, 0.6) is 23.0 Å². The van der Waals surface area contributed by atoms with Gasteiger partial charge in [-0.1, -0.05) is 68.3 Å². The Kier molecular flexibility index (Phi) is 9.63. The number of carbonyl (C=O) groups excluding carboxylic acids is 1. The van der Waals surface area contributed by atoms with Crippen LogP contribution in [0.4, 0.5) is 0 Å². The van der Waals surface area contributed by atoms with E-state index in [1.54, 1.807) is 42.5 Å². The summed E-state index contributed by atoms with van der Waals surface area (Å²) in [5.74, 6) is 0.418. The Morgan fingerprint density at radius 1 is 0.821 bits per heavy atom. The van der Waals surface area contributed by atoms with E-state index in [9.17, 15) is 20.1 Å². The van der Waals surface area contributed by atoms with Crippen LogP contribution in [-0.4, -0.2) is 27.7 Å². The number of fused-ring (bicyclic) bond motifs is 1. The predicted octanol–water partition coefficient (Wildman–Crippen LogP) is 7.61. The molecule has 0 aromatic heterocycles. The summed E-state index contributed by atoms with van der Waals surface area (Å²) in [4.78, 5) is 13.5. The summed E-state index contributed by atoms with van der Waals surface area (Å²) in [5.41, 5.74) is 2.77. The minimum Gasteiger partial charge on any atom is -0.508 e. The van der Waals surface area contributed by atoms with Crippen molar-refractivity contribution in [1.82, 2.24) is 0 Å². The molecule has 0 saturated heterocycles. The van der Waals surface area contributed by atoms with E-state index < -0.39 is 5.92 Å². The molecule has 5 nitrogen and oxygen atoms in total. The zero-order valence-electron chi connectivity index (χ0n) is 22.3. The molecule has 1 atom stereocenters. The largest absolute Gasteiger partial charge is 0.508 e. The van der Waals surface area contributed by atoms with Crippen LogP contribution in [0.15, 0.2) is 91.0 Å². The van der Waals surface area contributed by atoms with Crippen molar-refractivity contribution in [1.29, 1.82) is 0 Å². The number of allylic oxidation sites excluding steroid dienone is 2. The number of rotatable bonds is 13. The van der Waals surface area contributed by atoms with Crippen LogP contribution in [0.3, 0.4) is 0 Å². The molecule has 0 aliphatic carbocycles. The SMILES string of the molecule is CCCCCC=CC(=O)C(Cc1ccc(O)c(OCCc2ccc(O)cc2)c1)c1ccc2ccc(O)cc2c1. The van der Waals surface area contributed by atoms with Crippen molar-refractivity contribution in [2.24, 2.45) is 0 Å². The van der Waals surface area contributed by atoms with Gasteiger partial charge in [-0.25, -0.2) is 0 Å². The molecule has 202 valence electrons. The third kappa shape index (κ3) is 7.87. The van der Waals surface area contributed by atoms with Crippen molar-refractivity contribution in [3.63, 3.8) is 0 Å². The Balaban J connectivity index is 1.54. The molecular formula is C34H36O5. The van der Waals surface area contributed by atoms with E-state index in [2.05, 4.69) is 6.92 Å². The number of hydrogen-bond donors (Lipinski definition) is 3. The fourth-order valence-electron chi connectivity index (χ4n) is 4.66. The second kappa shape index (κ2) is 13.5. The lowest BCUT2D eigenvalue weighted by atomic mass is 9.87. The summed E-state index contributed by atoms with van der Waals surface area (Å²) in [7, 11) is 0. The minimum atomic E-state index is -0.423. The molecule has 0 amide bonds. The molecule has 3 N–H and O–H groups in total. The van der Waals surface area contributed by atoms with Gasteiger partial charge in [-0.15, -0.1) is 0 Å². The van der Waals surface area contributed by atoms with Gasteiger partial charge in [0.2, 0.25) is 0 Å². The lowest BCUT2D eigenvalue weighted by molar-refractivity contribution is -0.116. The van der Waals surface area contributed by atoms with Crippen molar-refractivity contribution in [2.75, 3.05) is 6.61 Å². The number of phenolic OH excluding ortho intramolecular Hbond substituents is 3. The Morgan fingerprint density at radius 2 is 1.56 bits per heavy atom. The van der Waals surface area contributed by atoms with Gasteiger partial charge in [0.15, 0.2) is 17.3 Å². The van der Waals surface area contributed by atoms with Gasteiger partial charge < -0.3 is 20.1 Å². The Labute approximate surface area is 230 Å². The van der Waals surface area contributed by atoms with Gasteiger partial charge in [-0.2, -0.15) is 0 Å². The molecule has 4 aromatic carbocycles. The van der Waals surface area contributed by atoms with E-state index in [1.165, 1.54) is 0 Å². The monoisotopic (exact) mass is 524 g/mol. The molecule has 4 rings (SSSR count). The summed E-state index contributed by atoms with van der Waals surface area (Å²) in [6.45, 7) is 2.52. The third-order valence-corrected chi connectivity index (χ3v) is 6.90. The first kappa shape index (κ1) is 27.8. The van der Waals surface area contributed by atoms with E-state index in [1.807, 2.05) is 48.5 Å². The Bertz CT molecular complexity index is 1420. The highest BCUT2D eigenvalue weighted by molar-refractivity contribution is 5.96. The molecule has 0 saturated carbocycles. The van der Waals surface area contributed by atoms with Crippen LogP contribution >= 0.6 is 0 Å². The van der Waals surface area contributed by atoms with Gasteiger partial charge in [0, 0.05) is 6.42 Å². The van der Waals surface area contributed by atoms with Crippen LogP contribution in [0.2, 0.25) is 0 Å². The van der Waals surface area contributed by atoms with E-state index in [-0.39, 0.29) is 23.0 Å². The van der Waals surface area contributed by atoms with E-state index in [0.29, 0.717) is 25.2 Å². The third-order valence-electron chi connectivity index (χ3n) is 6.90. The maximum atomic E-state index is 13.5. The zero-order chi connectivity index (χ0) is 27.6. The van der Waals surface area contributed by atoms with Gasteiger partial charge in [-0.05, 0) is 89.2 Å². The molecule has 0 aliphatic rings. The summed E-state index contributed by atoms with van der Waals surface area (Å²) < 4.78 is 5.89. The lowest BCUT2D eigenvalue weighted by Crippen LogP contribution is -2.13. The second-order valence-electron chi connectivity index (χ2n) is 9.92. The normalized spacial score (nSPS) is 12.1. The van der Waals surface area contributed by atoms with Gasteiger partial charge in [0.05, 0.1) is 12.5 Å². The van der Waals surface area contributed by atoms with Crippen molar-refractivity contribution in [3.05, 3.63) is 108 Å². The van der Waals surface area contributed by atoms with Gasteiger partial charge in [0.1, 0.15) is 11.5 Å². The van der Waals surface area contributed by atoms with Crippen LogP contribution in [0, 0.1) is 0 Å². The number of benzene rings is 4. The average Bonchev–Trinajstić information content (AvgIpc) is 2.93. The maximum absolute atomic E-state index is 13.5. The molecule has 4 aromatic rings. The van der Waals surface area contributed by atoms with E-state index in [0.717, 1.165) is 53.1 Å². The molecule has 1 unspecified atom stereocenters. The standard InChI is InChI=1S/C34H36O5/c1-2-3-4-5-6-7-32(37)31(27-12-11-26-13-16-30(36)23-28(26)22-27)20-25-10-17-33(38)34(21-25)39-19-18-24-8-14-29(35)15-9-24/h6-17,21-23,31,35-36,38H,2-5,18-20H2,1H3. The first-order valence-corrected chi connectivity index (χ1v) is 13.6. The van der Waals surface area contributed by atoms with Crippen molar-refractivity contribution >= 4 is 16.6 Å². The van der Waals surface area contributed by atoms with Gasteiger partial charge in [-0.3, -0.25) is 4.79 Å². The Morgan fingerprint density at radius 3 is 2.36 bits per heavy atom. The summed E-state index contributed by atoms with van der Waals surface area (Å²) >= 11 is 0. The number of aromatic hydroxyl groups is 3.